The van der Waals surface area contributed by atoms with Crippen molar-refractivity contribution in [1.29, 1.82) is 0 Å². The van der Waals surface area contributed by atoms with E-state index in [9.17, 15) is 9.59 Å². The summed E-state index contributed by atoms with van der Waals surface area (Å²) in [5.41, 5.74) is 1.56. The van der Waals surface area contributed by atoms with Gasteiger partial charge in [0.2, 0.25) is 5.91 Å². The van der Waals surface area contributed by atoms with E-state index in [2.05, 4.69) is 20.9 Å². The maximum Gasteiger partial charge on any atom is 0.258 e. The van der Waals surface area contributed by atoms with Crippen molar-refractivity contribution in [2.75, 3.05) is 26.2 Å². The molecule has 0 bridgehead atoms. The summed E-state index contributed by atoms with van der Waals surface area (Å²) in [7, 11) is 0. The fourth-order valence-electron chi connectivity index (χ4n) is 3.97. The molecule has 4 aromatic rings. The summed E-state index contributed by atoms with van der Waals surface area (Å²) in [6.45, 7) is 3.93. The van der Waals surface area contributed by atoms with Crippen LogP contribution in [-0.2, 0) is 17.8 Å². The number of para-hydroxylation sites is 2. The highest BCUT2D eigenvalue weighted by Crippen LogP contribution is 2.23. The Balaban J connectivity index is 1.14. The number of aromatic nitrogens is 3. The molecule has 1 N–H and O–H groups in total. The molecule has 0 aliphatic carbocycles. The highest BCUT2D eigenvalue weighted by Gasteiger charge is 2.22. The fourth-order valence-corrected chi connectivity index (χ4v) is 4.98. The molecule has 5 rings (SSSR count). The van der Waals surface area contributed by atoms with Crippen molar-refractivity contribution in [1.82, 2.24) is 24.8 Å². The van der Waals surface area contributed by atoms with Crippen molar-refractivity contribution in [3.63, 3.8) is 0 Å². The topological polar surface area (TPSA) is 82.2 Å². The number of H-pyrrole nitrogens is 1. The van der Waals surface area contributed by atoms with Gasteiger partial charge in [0.1, 0.15) is 10.8 Å². The van der Waals surface area contributed by atoms with Crippen LogP contribution >= 0.6 is 11.3 Å². The summed E-state index contributed by atoms with van der Waals surface area (Å²) in [6.07, 6.45) is 0.782. The SMILES string of the molecule is O=C(CCc1nc2ccccc2c(=O)[nH]1)N1CCN(Cc2nc3ccccc3s2)CC1. The van der Waals surface area contributed by atoms with E-state index in [0.29, 0.717) is 42.7 Å². The van der Waals surface area contributed by atoms with Crippen LogP contribution in [0.5, 0.6) is 0 Å². The van der Waals surface area contributed by atoms with Gasteiger partial charge in [0, 0.05) is 39.0 Å². The van der Waals surface area contributed by atoms with E-state index in [1.165, 1.54) is 4.70 Å². The zero-order valence-electron chi connectivity index (χ0n) is 17.1. The standard InChI is InChI=1S/C23H23N5O2S/c29-22(10-9-20-24-17-6-2-1-5-16(17)23(30)26-20)28-13-11-27(12-14-28)15-21-25-18-7-3-4-8-19(18)31-21/h1-8H,9-15H2,(H,24,26,30). The molecule has 0 spiro atoms. The lowest BCUT2D eigenvalue weighted by Gasteiger charge is -2.34. The average Bonchev–Trinajstić information content (AvgIpc) is 3.20. The zero-order valence-corrected chi connectivity index (χ0v) is 17.9. The second-order valence-electron chi connectivity index (χ2n) is 7.76. The number of thiazole rings is 1. The van der Waals surface area contributed by atoms with E-state index in [0.717, 1.165) is 30.2 Å². The van der Waals surface area contributed by atoms with Gasteiger partial charge in [-0.2, -0.15) is 0 Å². The van der Waals surface area contributed by atoms with Gasteiger partial charge in [-0.05, 0) is 24.3 Å². The smallest absolute Gasteiger partial charge is 0.258 e. The van der Waals surface area contributed by atoms with Crippen LogP contribution in [0.3, 0.4) is 0 Å². The molecule has 8 heteroatoms. The highest BCUT2D eigenvalue weighted by molar-refractivity contribution is 7.18. The van der Waals surface area contributed by atoms with Crippen LogP contribution in [-0.4, -0.2) is 56.8 Å². The zero-order chi connectivity index (χ0) is 21.2. The summed E-state index contributed by atoms with van der Waals surface area (Å²) < 4.78 is 1.21. The molecule has 31 heavy (non-hydrogen) atoms. The number of fused-ring (bicyclic) bond motifs is 2. The number of aryl methyl sites for hydroxylation is 1. The second-order valence-corrected chi connectivity index (χ2v) is 8.88. The first-order chi connectivity index (χ1) is 15.2. The fraction of sp³-hybridized carbons (Fsp3) is 0.304. The Morgan fingerprint density at radius 1 is 0.968 bits per heavy atom. The van der Waals surface area contributed by atoms with Crippen LogP contribution < -0.4 is 5.56 Å². The van der Waals surface area contributed by atoms with Gasteiger partial charge >= 0.3 is 0 Å². The van der Waals surface area contributed by atoms with Crippen molar-refractivity contribution in [3.8, 4) is 0 Å². The molecule has 1 fully saturated rings. The molecule has 1 aliphatic heterocycles. The van der Waals surface area contributed by atoms with E-state index in [1.54, 1.807) is 17.4 Å². The number of carbonyl (C=O) groups excluding carboxylic acids is 1. The van der Waals surface area contributed by atoms with Crippen molar-refractivity contribution in [3.05, 3.63) is 69.7 Å². The lowest BCUT2D eigenvalue weighted by molar-refractivity contribution is -0.133. The Kier molecular flexibility index (Phi) is 5.48. The minimum absolute atomic E-state index is 0.107. The van der Waals surface area contributed by atoms with E-state index in [1.807, 2.05) is 41.3 Å². The molecular formula is C23H23N5O2S. The van der Waals surface area contributed by atoms with Crippen LogP contribution in [0.4, 0.5) is 0 Å². The molecule has 2 aromatic carbocycles. The van der Waals surface area contributed by atoms with Crippen LogP contribution in [0.25, 0.3) is 21.1 Å². The van der Waals surface area contributed by atoms with E-state index in [-0.39, 0.29) is 11.5 Å². The van der Waals surface area contributed by atoms with Crippen molar-refractivity contribution >= 4 is 38.4 Å². The summed E-state index contributed by atoms with van der Waals surface area (Å²) in [5.74, 6) is 0.668. The first-order valence-corrected chi connectivity index (χ1v) is 11.3. The molecule has 3 heterocycles. The van der Waals surface area contributed by atoms with Gasteiger partial charge in [0.05, 0.1) is 27.7 Å². The van der Waals surface area contributed by atoms with Crippen molar-refractivity contribution in [2.45, 2.75) is 19.4 Å². The Bertz CT molecular complexity index is 1260. The van der Waals surface area contributed by atoms with Gasteiger partial charge in [0.25, 0.3) is 5.56 Å². The maximum atomic E-state index is 12.7. The predicted octanol–water partition coefficient (Wildman–Crippen LogP) is 2.81. The minimum atomic E-state index is -0.156. The molecule has 1 amide bonds. The molecule has 0 unspecified atom stereocenters. The van der Waals surface area contributed by atoms with Crippen molar-refractivity contribution in [2.24, 2.45) is 0 Å². The highest BCUT2D eigenvalue weighted by atomic mass is 32.1. The normalized spacial score (nSPS) is 15.0. The summed E-state index contributed by atoms with van der Waals surface area (Å²) in [6, 6.07) is 15.5. The summed E-state index contributed by atoms with van der Waals surface area (Å²) in [5, 5.41) is 1.69. The molecular weight excluding hydrogens is 410 g/mol. The van der Waals surface area contributed by atoms with Crippen molar-refractivity contribution < 1.29 is 4.79 Å². The number of hydrogen-bond donors (Lipinski definition) is 1. The van der Waals surface area contributed by atoms with Crippen LogP contribution in [0.1, 0.15) is 17.3 Å². The Morgan fingerprint density at radius 3 is 2.52 bits per heavy atom. The molecule has 1 aliphatic rings. The van der Waals surface area contributed by atoms with Crippen LogP contribution in [0.15, 0.2) is 53.3 Å². The molecule has 158 valence electrons. The first-order valence-electron chi connectivity index (χ1n) is 10.5. The number of benzene rings is 2. The largest absolute Gasteiger partial charge is 0.340 e. The van der Waals surface area contributed by atoms with Gasteiger partial charge in [0.15, 0.2) is 0 Å². The van der Waals surface area contributed by atoms with Gasteiger partial charge in [-0.15, -0.1) is 11.3 Å². The Hall–Kier alpha value is -3.10. The third-order valence-electron chi connectivity index (χ3n) is 5.66. The second kappa shape index (κ2) is 8.56. The lowest BCUT2D eigenvalue weighted by atomic mass is 10.2. The van der Waals surface area contributed by atoms with E-state index < -0.39 is 0 Å². The number of amides is 1. The van der Waals surface area contributed by atoms with Gasteiger partial charge < -0.3 is 9.88 Å². The molecule has 2 aromatic heterocycles. The lowest BCUT2D eigenvalue weighted by Crippen LogP contribution is -2.48. The molecule has 1 saturated heterocycles. The number of aromatic amines is 1. The number of rotatable bonds is 5. The van der Waals surface area contributed by atoms with E-state index in [4.69, 9.17) is 4.98 Å². The molecule has 7 nitrogen and oxygen atoms in total. The minimum Gasteiger partial charge on any atom is -0.340 e. The van der Waals surface area contributed by atoms with Gasteiger partial charge in [-0.25, -0.2) is 9.97 Å². The van der Waals surface area contributed by atoms with E-state index >= 15 is 0 Å². The van der Waals surface area contributed by atoms with Crippen LogP contribution in [0.2, 0.25) is 0 Å². The Morgan fingerprint density at radius 2 is 1.71 bits per heavy atom. The summed E-state index contributed by atoms with van der Waals surface area (Å²) in [4.78, 5) is 41.1. The average molecular weight is 434 g/mol. The number of nitrogens with one attached hydrogen (secondary N) is 1. The van der Waals surface area contributed by atoms with Gasteiger partial charge in [-0.1, -0.05) is 24.3 Å². The number of carbonyl (C=O) groups is 1. The molecule has 0 saturated carbocycles. The molecule has 0 atom stereocenters. The quantitative estimate of drug-likeness (QED) is 0.523. The number of piperazine rings is 1. The third-order valence-corrected chi connectivity index (χ3v) is 6.68. The summed E-state index contributed by atoms with van der Waals surface area (Å²) >= 11 is 1.74. The van der Waals surface area contributed by atoms with Crippen LogP contribution in [0, 0.1) is 0 Å². The Labute approximate surface area is 183 Å². The number of nitrogens with zero attached hydrogens (tertiary/aromatic N) is 4. The van der Waals surface area contributed by atoms with Gasteiger partial charge in [-0.3, -0.25) is 14.5 Å². The predicted molar refractivity (Wildman–Crippen MR) is 122 cm³/mol. The third kappa shape index (κ3) is 4.35. The first kappa shape index (κ1) is 19.8. The maximum absolute atomic E-state index is 12.7. The molecule has 0 radical (unpaired) electrons. The monoisotopic (exact) mass is 433 g/mol. The number of hydrogen-bond acceptors (Lipinski definition) is 6.